The molecule has 0 unspecified atom stereocenters. The summed E-state index contributed by atoms with van der Waals surface area (Å²) >= 11 is 0. The topological polar surface area (TPSA) is 183 Å². The molecule has 0 heterocycles. The number of nitrogens with one attached hydrogen (secondary N) is 3. The molecule has 0 saturated carbocycles. The third-order valence-electron chi connectivity index (χ3n) is 7.04. The highest BCUT2D eigenvalue weighted by molar-refractivity contribution is 5.98. The van der Waals surface area contributed by atoms with Crippen LogP contribution in [-0.2, 0) is 35.3 Å². The van der Waals surface area contributed by atoms with E-state index in [2.05, 4.69) is 16.0 Å². The number of benzene rings is 2. The van der Waals surface area contributed by atoms with Crippen molar-refractivity contribution < 1.29 is 38.2 Å². The lowest BCUT2D eigenvalue weighted by atomic mass is 9.97. The van der Waals surface area contributed by atoms with Crippen molar-refractivity contribution in [3.05, 3.63) is 71.8 Å². The summed E-state index contributed by atoms with van der Waals surface area (Å²) < 4.78 is 10.5. The maximum Gasteiger partial charge on any atom is 0.408 e. The zero-order chi connectivity index (χ0) is 33.4. The first kappa shape index (κ1) is 36.5. The predicted molar refractivity (Wildman–Crippen MR) is 166 cm³/mol. The Labute approximate surface area is 263 Å². The minimum absolute atomic E-state index is 0.00452. The standard InChI is InChI=1S/C33H44N4O8/c1-5-22(4)29(37-33(43)45-19-23-12-8-6-9-13-23)31(41)35-25(16-17-28(34)39)30(40)36-26(18-21(2)3)32(42)44-20-27(38)24-14-10-7-11-15-24/h6-15,21-22,25-26,29H,5,16-20H2,1-4H3,(H2,34,39)(H,35,41)(H,36,40)(H,37,43)/t22-,25-,26-,29-/m0/s1. The highest BCUT2D eigenvalue weighted by Gasteiger charge is 2.33. The second-order valence-corrected chi connectivity index (χ2v) is 11.2. The number of nitrogens with two attached hydrogens (primary N) is 1. The summed E-state index contributed by atoms with van der Waals surface area (Å²) in [5.41, 5.74) is 6.45. The van der Waals surface area contributed by atoms with Gasteiger partial charge >= 0.3 is 12.1 Å². The molecule has 0 bridgehead atoms. The third-order valence-corrected chi connectivity index (χ3v) is 7.04. The molecular weight excluding hydrogens is 580 g/mol. The summed E-state index contributed by atoms with van der Waals surface area (Å²) in [4.78, 5) is 76.4. The summed E-state index contributed by atoms with van der Waals surface area (Å²) in [7, 11) is 0. The average Bonchev–Trinajstić information content (AvgIpc) is 3.02. The highest BCUT2D eigenvalue weighted by Crippen LogP contribution is 2.12. The number of hydrogen-bond acceptors (Lipinski definition) is 8. The Kier molecular flexibility index (Phi) is 15.2. The molecule has 0 spiro atoms. The van der Waals surface area contributed by atoms with Crippen LogP contribution in [-0.4, -0.2) is 60.3 Å². The zero-order valence-corrected chi connectivity index (χ0v) is 26.2. The Balaban J connectivity index is 2.13. The van der Waals surface area contributed by atoms with Gasteiger partial charge in [-0.25, -0.2) is 9.59 Å². The van der Waals surface area contributed by atoms with E-state index in [0.29, 0.717) is 12.0 Å². The molecule has 4 amide bonds. The molecule has 0 aliphatic carbocycles. The van der Waals surface area contributed by atoms with Crippen molar-refractivity contribution in [2.75, 3.05) is 6.61 Å². The van der Waals surface area contributed by atoms with Crippen LogP contribution in [0.5, 0.6) is 0 Å². The fourth-order valence-electron chi connectivity index (χ4n) is 4.31. The van der Waals surface area contributed by atoms with E-state index in [9.17, 15) is 28.8 Å². The quantitative estimate of drug-likeness (QED) is 0.144. The Morgan fingerprint density at radius 2 is 1.38 bits per heavy atom. The molecule has 0 aliphatic heterocycles. The van der Waals surface area contributed by atoms with Crippen molar-refractivity contribution in [2.24, 2.45) is 17.6 Å². The number of carbonyl (C=O) groups excluding carboxylic acids is 6. The van der Waals surface area contributed by atoms with Crippen LogP contribution in [0.25, 0.3) is 0 Å². The van der Waals surface area contributed by atoms with Gasteiger partial charge in [-0.1, -0.05) is 94.8 Å². The number of amides is 4. The number of rotatable bonds is 18. The minimum Gasteiger partial charge on any atom is -0.456 e. The van der Waals surface area contributed by atoms with Crippen molar-refractivity contribution in [2.45, 2.75) is 78.1 Å². The monoisotopic (exact) mass is 624 g/mol. The summed E-state index contributed by atoms with van der Waals surface area (Å²) in [6.07, 6.45) is -0.509. The molecule has 0 aliphatic rings. The van der Waals surface area contributed by atoms with Crippen molar-refractivity contribution >= 4 is 35.6 Å². The molecule has 5 N–H and O–H groups in total. The minimum atomic E-state index is -1.27. The van der Waals surface area contributed by atoms with E-state index < -0.39 is 60.3 Å². The van der Waals surface area contributed by atoms with Gasteiger partial charge in [0.2, 0.25) is 17.7 Å². The molecule has 2 aromatic rings. The number of Topliss-reactive ketones (excluding diaryl/α,β-unsaturated/α-hetero) is 1. The normalized spacial score (nSPS) is 13.4. The highest BCUT2D eigenvalue weighted by atomic mass is 16.5. The number of hydrogen-bond donors (Lipinski definition) is 4. The van der Waals surface area contributed by atoms with Gasteiger partial charge in [0, 0.05) is 12.0 Å². The van der Waals surface area contributed by atoms with Crippen LogP contribution in [0.1, 0.15) is 69.3 Å². The first-order valence-electron chi connectivity index (χ1n) is 15.0. The summed E-state index contributed by atoms with van der Waals surface area (Å²) in [6, 6.07) is 13.9. The van der Waals surface area contributed by atoms with Crippen LogP contribution in [0.3, 0.4) is 0 Å². The van der Waals surface area contributed by atoms with Crippen LogP contribution in [0.4, 0.5) is 4.79 Å². The molecule has 12 heteroatoms. The second kappa shape index (κ2) is 18.8. The van der Waals surface area contributed by atoms with Crippen LogP contribution in [0, 0.1) is 11.8 Å². The number of carbonyl (C=O) groups is 6. The van der Waals surface area contributed by atoms with Crippen molar-refractivity contribution in [3.63, 3.8) is 0 Å². The van der Waals surface area contributed by atoms with Crippen LogP contribution >= 0.6 is 0 Å². The lowest BCUT2D eigenvalue weighted by Gasteiger charge is -2.27. The molecule has 4 atom stereocenters. The lowest BCUT2D eigenvalue weighted by Crippen LogP contribution is -2.57. The third kappa shape index (κ3) is 13.2. The van der Waals surface area contributed by atoms with E-state index in [-0.39, 0.29) is 37.7 Å². The molecule has 0 aromatic heterocycles. The Bertz CT molecular complexity index is 1290. The Hall–Kier alpha value is -4.74. The van der Waals surface area contributed by atoms with Gasteiger partial charge in [0.05, 0.1) is 0 Å². The SMILES string of the molecule is CC[C@H](C)[C@H](NC(=O)OCc1ccccc1)C(=O)N[C@@H](CCC(N)=O)C(=O)N[C@@H](CC(C)C)C(=O)OCC(=O)c1ccccc1. The molecule has 0 saturated heterocycles. The maximum atomic E-state index is 13.4. The van der Waals surface area contributed by atoms with E-state index in [1.54, 1.807) is 61.5 Å². The number of ketones is 1. The van der Waals surface area contributed by atoms with Crippen LogP contribution < -0.4 is 21.7 Å². The van der Waals surface area contributed by atoms with Gasteiger partial charge in [0.15, 0.2) is 12.4 Å². The predicted octanol–water partition coefficient (Wildman–Crippen LogP) is 3.03. The maximum absolute atomic E-state index is 13.4. The van der Waals surface area contributed by atoms with Crippen LogP contribution in [0.2, 0.25) is 0 Å². The molecule has 2 aromatic carbocycles. The molecule has 2 rings (SSSR count). The smallest absolute Gasteiger partial charge is 0.408 e. The van der Waals surface area contributed by atoms with E-state index in [4.69, 9.17) is 15.2 Å². The molecule has 0 fully saturated rings. The molecule has 12 nitrogen and oxygen atoms in total. The Morgan fingerprint density at radius 1 is 0.778 bits per heavy atom. The van der Waals surface area contributed by atoms with Gasteiger partial charge < -0.3 is 31.2 Å². The van der Waals surface area contributed by atoms with Gasteiger partial charge in [0.1, 0.15) is 24.7 Å². The van der Waals surface area contributed by atoms with Crippen molar-refractivity contribution in [1.82, 2.24) is 16.0 Å². The molecule has 0 radical (unpaired) electrons. The Morgan fingerprint density at radius 3 is 1.96 bits per heavy atom. The number of esters is 1. The van der Waals surface area contributed by atoms with Gasteiger partial charge in [-0.3, -0.25) is 19.2 Å². The average molecular weight is 625 g/mol. The van der Waals surface area contributed by atoms with Gasteiger partial charge in [-0.15, -0.1) is 0 Å². The first-order chi connectivity index (χ1) is 21.4. The largest absolute Gasteiger partial charge is 0.456 e. The lowest BCUT2D eigenvalue weighted by molar-refractivity contribution is -0.147. The van der Waals surface area contributed by atoms with E-state index in [1.807, 2.05) is 26.8 Å². The molecule has 244 valence electrons. The van der Waals surface area contributed by atoms with Crippen molar-refractivity contribution in [3.8, 4) is 0 Å². The van der Waals surface area contributed by atoms with Gasteiger partial charge in [0.25, 0.3) is 0 Å². The molecule has 45 heavy (non-hydrogen) atoms. The molecular formula is C33H44N4O8. The van der Waals surface area contributed by atoms with Crippen molar-refractivity contribution in [1.29, 1.82) is 0 Å². The first-order valence-corrected chi connectivity index (χ1v) is 15.0. The fraction of sp³-hybridized carbons (Fsp3) is 0.455. The number of alkyl carbamates (subject to hydrolysis) is 1. The van der Waals surface area contributed by atoms with E-state index >= 15 is 0 Å². The summed E-state index contributed by atoms with van der Waals surface area (Å²) in [6.45, 7) is 6.75. The summed E-state index contributed by atoms with van der Waals surface area (Å²) in [5, 5.41) is 7.77. The van der Waals surface area contributed by atoms with Gasteiger partial charge in [-0.2, -0.15) is 0 Å². The van der Waals surface area contributed by atoms with E-state index in [1.165, 1.54) is 0 Å². The number of ether oxygens (including phenoxy) is 2. The van der Waals surface area contributed by atoms with Crippen LogP contribution in [0.15, 0.2) is 60.7 Å². The zero-order valence-electron chi connectivity index (χ0n) is 26.2. The second-order valence-electron chi connectivity index (χ2n) is 11.2. The number of primary amides is 1. The van der Waals surface area contributed by atoms with E-state index in [0.717, 1.165) is 5.56 Å². The summed E-state index contributed by atoms with van der Waals surface area (Å²) in [5.74, 6) is -3.75. The fourth-order valence-corrected chi connectivity index (χ4v) is 4.31. The van der Waals surface area contributed by atoms with Gasteiger partial charge in [-0.05, 0) is 30.2 Å².